The van der Waals surface area contributed by atoms with Gasteiger partial charge in [-0.05, 0) is 42.5 Å². The summed E-state index contributed by atoms with van der Waals surface area (Å²) in [6.07, 6.45) is -0.410. The number of aliphatic carboxylic acids is 1. The zero-order valence-electron chi connectivity index (χ0n) is 18.0. The van der Waals surface area contributed by atoms with Gasteiger partial charge < -0.3 is 20.5 Å². The van der Waals surface area contributed by atoms with Crippen molar-refractivity contribution in [1.29, 1.82) is 0 Å². The summed E-state index contributed by atoms with van der Waals surface area (Å²) in [6, 6.07) is 15.2. The van der Waals surface area contributed by atoms with Crippen molar-refractivity contribution in [3.05, 3.63) is 59.7 Å². The van der Waals surface area contributed by atoms with Crippen molar-refractivity contribution in [2.45, 2.75) is 51.1 Å². The molecule has 0 heterocycles. The minimum atomic E-state index is -1.09. The van der Waals surface area contributed by atoms with E-state index in [-0.39, 0.29) is 25.4 Å². The minimum Gasteiger partial charge on any atom is -0.480 e. The van der Waals surface area contributed by atoms with E-state index in [0.717, 1.165) is 22.3 Å². The van der Waals surface area contributed by atoms with Crippen molar-refractivity contribution >= 4 is 18.0 Å². The predicted molar refractivity (Wildman–Crippen MR) is 117 cm³/mol. The van der Waals surface area contributed by atoms with Crippen molar-refractivity contribution in [3.63, 3.8) is 0 Å². The Morgan fingerprint density at radius 1 is 1.03 bits per heavy atom. The van der Waals surface area contributed by atoms with Crippen LogP contribution in [0.2, 0.25) is 0 Å². The topological polar surface area (TPSA) is 105 Å². The summed E-state index contributed by atoms with van der Waals surface area (Å²) >= 11 is 0. The number of rotatable bonds is 8. The van der Waals surface area contributed by atoms with Gasteiger partial charge in [0.1, 0.15) is 12.6 Å². The van der Waals surface area contributed by atoms with E-state index in [2.05, 4.69) is 22.8 Å². The van der Waals surface area contributed by atoms with E-state index in [1.807, 2.05) is 36.4 Å². The van der Waals surface area contributed by atoms with E-state index in [0.29, 0.717) is 0 Å². The zero-order valence-corrected chi connectivity index (χ0v) is 18.0. The lowest BCUT2D eigenvalue weighted by Crippen LogP contribution is -2.49. The summed E-state index contributed by atoms with van der Waals surface area (Å²) in [6.45, 7) is 5.24. The van der Waals surface area contributed by atoms with Gasteiger partial charge in [-0.2, -0.15) is 0 Å². The summed E-state index contributed by atoms with van der Waals surface area (Å²) < 4.78 is 5.52. The number of carboxylic acid groups (broad SMARTS) is 1. The fourth-order valence-electron chi connectivity index (χ4n) is 3.94. The standard InChI is InChI=1S/C24H28N2O5/c1-4-20(22(28)29)25-21(27)13-24(2,3)26-23(30)31-14-19-17-11-7-5-9-15(17)16-10-6-8-12-18(16)19/h5-12,19-20H,4,13-14H2,1-3H3,(H,25,27)(H,26,30)(H,28,29)/t20-/m1/s1. The van der Waals surface area contributed by atoms with Gasteiger partial charge in [0.2, 0.25) is 5.91 Å². The fraction of sp³-hybridized carbons (Fsp3) is 0.375. The van der Waals surface area contributed by atoms with Crippen molar-refractivity contribution < 1.29 is 24.2 Å². The van der Waals surface area contributed by atoms with Gasteiger partial charge in [0.25, 0.3) is 0 Å². The fourth-order valence-corrected chi connectivity index (χ4v) is 3.94. The average molecular weight is 424 g/mol. The van der Waals surface area contributed by atoms with Gasteiger partial charge in [-0.3, -0.25) is 4.79 Å². The highest BCUT2D eigenvalue weighted by atomic mass is 16.5. The monoisotopic (exact) mass is 424 g/mol. The number of nitrogens with one attached hydrogen (secondary N) is 2. The predicted octanol–water partition coefficient (Wildman–Crippen LogP) is 3.67. The Labute approximate surface area is 181 Å². The number of hydrogen-bond donors (Lipinski definition) is 3. The zero-order chi connectivity index (χ0) is 22.6. The molecular weight excluding hydrogens is 396 g/mol. The molecule has 7 nitrogen and oxygen atoms in total. The lowest BCUT2D eigenvalue weighted by molar-refractivity contribution is -0.142. The number of ether oxygens (including phenoxy) is 1. The number of amides is 2. The van der Waals surface area contributed by atoms with Crippen LogP contribution in [0, 0.1) is 0 Å². The van der Waals surface area contributed by atoms with Crippen LogP contribution in [0.1, 0.15) is 50.7 Å². The smallest absolute Gasteiger partial charge is 0.407 e. The second kappa shape index (κ2) is 9.20. The first-order chi connectivity index (χ1) is 14.7. The Morgan fingerprint density at radius 3 is 2.10 bits per heavy atom. The molecule has 7 heteroatoms. The lowest BCUT2D eigenvalue weighted by atomic mass is 9.98. The normalized spacial score (nSPS) is 13.6. The highest BCUT2D eigenvalue weighted by Crippen LogP contribution is 2.44. The van der Waals surface area contributed by atoms with Crippen LogP contribution in [0.15, 0.2) is 48.5 Å². The first kappa shape index (κ1) is 22.3. The number of hydrogen-bond acceptors (Lipinski definition) is 4. The quantitative estimate of drug-likeness (QED) is 0.600. The van der Waals surface area contributed by atoms with Gasteiger partial charge in [-0.15, -0.1) is 0 Å². The van der Waals surface area contributed by atoms with Gasteiger partial charge in [0, 0.05) is 17.9 Å². The Balaban J connectivity index is 1.59. The molecule has 0 radical (unpaired) electrons. The van der Waals surface area contributed by atoms with Gasteiger partial charge >= 0.3 is 12.1 Å². The molecule has 0 saturated heterocycles. The third-order valence-corrected chi connectivity index (χ3v) is 5.43. The molecule has 0 spiro atoms. The molecule has 0 aromatic heterocycles. The summed E-state index contributed by atoms with van der Waals surface area (Å²) in [5, 5.41) is 14.2. The molecule has 2 amide bonds. The maximum absolute atomic E-state index is 12.4. The van der Waals surface area contributed by atoms with Crippen molar-refractivity contribution in [2.24, 2.45) is 0 Å². The minimum absolute atomic E-state index is 0.0505. The first-order valence-corrected chi connectivity index (χ1v) is 10.4. The van der Waals surface area contributed by atoms with Crippen LogP contribution in [-0.4, -0.2) is 41.3 Å². The molecule has 1 aliphatic carbocycles. The summed E-state index contributed by atoms with van der Waals surface area (Å²) in [5.41, 5.74) is 3.63. The van der Waals surface area contributed by atoms with Crippen LogP contribution >= 0.6 is 0 Å². The van der Waals surface area contributed by atoms with Crippen molar-refractivity contribution in [2.75, 3.05) is 6.61 Å². The SMILES string of the molecule is CC[C@@H](NC(=O)CC(C)(C)NC(=O)OCC1c2ccccc2-c2ccccc21)C(=O)O. The van der Waals surface area contributed by atoms with Crippen LogP contribution in [0.25, 0.3) is 11.1 Å². The highest BCUT2D eigenvalue weighted by Gasteiger charge is 2.31. The van der Waals surface area contributed by atoms with Crippen LogP contribution in [-0.2, 0) is 14.3 Å². The van der Waals surface area contributed by atoms with Gasteiger partial charge in [0.05, 0.1) is 0 Å². The summed E-state index contributed by atoms with van der Waals surface area (Å²) in [7, 11) is 0. The van der Waals surface area contributed by atoms with E-state index in [4.69, 9.17) is 9.84 Å². The number of fused-ring (bicyclic) bond motifs is 3. The van der Waals surface area contributed by atoms with Crippen LogP contribution < -0.4 is 10.6 Å². The molecule has 3 N–H and O–H groups in total. The second-order valence-electron chi connectivity index (χ2n) is 8.38. The molecule has 0 bridgehead atoms. The van der Waals surface area contributed by atoms with Crippen molar-refractivity contribution in [3.8, 4) is 11.1 Å². The van der Waals surface area contributed by atoms with E-state index in [9.17, 15) is 14.4 Å². The van der Waals surface area contributed by atoms with E-state index < -0.39 is 29.6 Å². The van der Waals surface area contributed by atoms with Gasteiger partial charge in [-0.25, -0.2) is 9.59 Å². The maximum Gasteiger partial charge on any atom is 0.407 e. The molecule has 2 aromatic rings. The van der Waals surface area contributed by atoms with Crippen LogP contribution in [0.5, 0.6) is 0 Å². The van der Waals surface area contributed by atoms with Crippen molar-refractivity contribution in [1.82, 2.24) is 10.6 Å². The van der Waals surface area contributed by atoms with Crippen LogP contribution in [0.4, 0.5) is 4.79 Å². The number of benzene rings is 2. The van der Waals surface area contributed by atoms with Crippen LogP contribution in [0.3, 0.4) is 0 Å². The molecule has 0 aliphatic heterocycles. The molecule has 1 aliphatic rings. The van der Waals surface area contributed by atoms with E-state index in [1.54, 1.807) is 20.8 Å². The molecule has 3 rings (SSSR count). The van der Waals surface area contributed by atoms with E-state index in [1.165, 1.54) is 0 Å². The lowest BCUT2D eigenvalue weighted by Gasteiger charge is -2.26. The summed E-state index contributed by atoms with van der Waals surface area (Å²) in [5.74, 6) is -1.58. The largest absolute Gasteiger partial charge is 0.480 e. The third-order valence-electron chi connectivity index (χ3n) is 5.43. The summed E-state index contributed by atoms with van der Waals surface area (Å²) in [4.78, 5) is 35.7. The number of carbonyl (C=O) groups is 3. The molecule has 1 atom stereocenters. The van der Waals surface area contributed by atoms with E-state index >= 15 is 0 Å². The molecular formula is C24H28N2O5. The molecule has 0 unspecified atom stereocenters. The molecule has 31 heavy (non-hydrogen) atoms. The molecule has 0 saturated carbocycles. The third kappa shape index (κ3) is 5.23. The number of alkyl carbamates (subject to hydrolysis) is 1. The number of carboxylic acids is 1. The number of carbonyl (C=O) groups excluding carboxylic acids is 2. The molecule has 0 fully saturated rings. The Bertz CT molecular complexity index is 940. The second-order valence-corrected chi connectivity index (χ2v) is 8.38. The molecule has 164 valence electrons. The average Bonchev–Trinajstić information content (AvgIpc) is 3.03. The van der Waals surface area contributed by atoms with Gasteiger partial charge in [-0.1, -0.05) is 55.5 Å². The Morgan fingerprint density at radius 2 is 1.58 bits per heavy atom. The Kier molecular flexibility index (Phi) is 6.63. The maximum atomic E-state index is 12.4. The van der Waals surface area contributed by atoms with Gasteiger partial charge in [0.15, 0.2) is 0 Å². The molecule has 2 aromatic carbocycles. The Hall–Kier alpha value is -3.35. The first-order valence-electron chi connectivity index (χ1n) is 10.4. The highest BCUT2D eigenvalue weighted by molar-refractivity contribution is 5.84.